The molecule has 1 aliphatic rings. The third-order valence-electron chi connectivity index (χ3n) is 3.43. The van der Waals surface area contributed by atoms with Gasteiger partial charge in [-0.25, -0.2) is 4.39 Å². The van der Waals surface area contributed by atoms with Crippen LogP contribution in [-0.4, -0.2) is 25.7 Å². The molecule has 1 N–H and O–H groups in total. The lowest BCUT2D eigenvalue weighted by molar-refractivity contribution is 0.421. The van der Waals surface area contributed by atoms with Gasteiger partial charge in [-0.2, -0.15) is 0 Å². The van der Waals surface area contributed by atoms with E-state index in [2.05, 4.69) is 17.1 Å². The highest BCUT2D eigenvalue weighted by molar-refractivity contribution is 5.49. The normalized spacial score (nSPS) is 17.5. The SMILES string of the molecule is CCNC1CCN(c2ccc(C)cc2F)CC1. The van der Waals surface area contributed by atoms with Crippen molar-refractivity contribution in [2.24, 2.45) is 0 Å². The van der Waals surface area contributed by atoms with Crippen LogP contribution in [0.1, 0.15) is 25.3 Å². The van der Waals surface area contributed by atoms with Gasteiger partial charge in [-0.1, -0.05) is 13.0 Å². The summed E-state index contributed by atoms with van der Waals surface area (Å²) in [7, 11) is 0. The van der Waals surface area contributed by atoms with E-state index in [0.717, 1.165) is 43.7 Å². The van der Waals surface area contributed by atoms with E-state index in [4.69, 9.17) is 0 Å². The number of benzene rings is 1. The van der Waals surface area contributed by atoms with Gasteiger partial charge in [0.05, 0.1) is 5.69 Å². The van der Waals surface area contributed by atoms with E-state index in [-0.39, 0.29) is 5.82 Å². The summed E-state index contributed by atoms with van der Waals surface area (Å²) in [5.74, 6) is -0.0908. The lowest BCUT2D eigenvalue weighted by Gasteiger charge is -2.34. The molecule has 0 aromatic heterocycles. The minimum Gasteiger partial charge on any atom is -0.369 e. The van der Waals surface area contributed by atoms with Crippen molar-refractivity contribution in [1.29, 1.82) is 0 Å². The first-order valence-electron chi connectivity index (χ1n) is 6.45. The molecule has 94 valence electrons. The second-order valence-electron chi connectivity index (χ2n) is 4.77. The van der Waals surface area contributed by atoms with Gasteiger partial charge in [-0.15, -0.1) is 0 Å². The third-order valence-corrected chi connectivity index (χ3v) is 3.43. The molecular formula is C14H21FN2. The highest BCUT2D eigenvalue weighted by Gasteiger charge is 2.20. The maximum Gasteiger partial charge on any atom is 0.146 e. The Kier molecular flexibility index (Phi) is 4.00. The van der Waals surface area contributed by atoms with Crippen LogP contribution in [0.5, 0.6) is 0 Å². The summed E-state index contributed by atoms with van der Waals surface area (Å²) in [6.07, 6.45) is 2.20. The van der Waals surface area contributed by atoms with Crippen LogP contribution in [0.4, 0.5) is 10.1 Å². The highest BCUT2D eigenvalue weighted by Crippen LogP contribution is 2.23. The molecule has 17 heavy (non-hydrogen) atoms. The second kappa shape index (κ2) is 5.50. The van der Waals surface area contributed by atoms with Crippen molar-refractivity contribution in [3.8, 4) is 0 Å². The summed E-state index contributed by atoms with van der Waals surface area (Å²) in [5, 5.41) is 3.46. The van der Waals surface area contributed by atoms with Gasteiger partial charge in [0.1, 0.15) is 5.82 Å². The van der Waals surface area contributed by atoms with Gasteiger partial charge in [-0.05, 0) is 44.0 Å². The summed E-state index contributed by atoms with van der Waals surface area (Å²) in [4.78, 5) is 2.16. The third kappa shape index (κ3) is 2.97. The minimum atomic E-state index is -0.0908. The molecule has 1 aromatic rings. The zero-order valence-corrected chi connectivity index (χ0v) is 10.7. The first-order chi connectivity index (χ1) is 8.20. The summed E-state index contributed by atoms with van der Waals surface area (Å²) < 4.78 is 13.8. The molecule has 1 aliphatic heterocycles. The number of nitrogens with one attached hydrogen (secondary N) is 1. The van der Waals surface area contributed by atoms with E-state index in [0.29, 0.717) is 6.04 Å². The first-order valence-corrected chi connectivity index (χ1v) is 6.45. The Morgan fingerprint density at radius 2 is 2.06 bits per heavy atom. The lowest BCUT2D eigenvalue weighted by Crippen LogP contribution is -2.42. The molecule has 0 spiro atoms. The molecular weight excluding hydrogens is 215 g/mol. The van der Waals surface area contributed by atoms with Gasteiger partial charge < -0.3 is 10.2 Å². The Balaban J connectivity index is 2.00. The van der Waals surface area contributed by atoms with Crippen LogP contribution in [0.15, 0.2) is 18.2 Å². The molecule has 3 heteroatoms. The second-order valence-corrected chi connectivity index (χ2v) is 4.77. The summed E-state index contributed by atoms with van der Waals surface area (Å²) in [6.45, 7) is 6.95. The number of anilines is 1. The van der Waals surface area contributed by atoms with Crippen molar-refractivity contribution in [2.45, 2.75) is 32.7 Å². The van der Waals surface area contributed by atoms with Gasteiger partial charge in [0, 0.05) is 19.1 Å². The van der Waals surface area contributed by atoms with Gasteiger partial charge in [0.15, 0.2) is 0 Å². The van der Waals surface area contributed by atoms with Crippen LogP contribution in [0.2, 0.25) is 0 Å². The number of nitrogens with zero attached hydrogens (tertiary/aromatic N) is 1. The maximum absolute atomic E-state index is 13.8. The van der Waals surface area contributed by atoms with Gasteiger partial charge in [-0.3, -0.25) is 0 Å². The largest absolute Gasteiger partial charge is 0.369 e. The number of piperidine rings is 1. The average Bonchev–Trinajstić information content (AvgIpc) is 2.31. The fraction of sp³-hybridized carbons (Fsp3) is 0.571. The standard InChI is InChI=1S/C14H21FN2/c1-3-16-12-6-8-17(9-7-12)14-5-4-11(2)10-13(14)15/h4-5,10,12,16H,3,6-9H2,1-2H3. The van der Waals surface area contributed by atoms with Crippen LogP contribution in [0.25, 0.3) is 0 Å². The van der Waals surface area contributed by atoms with E-state index in [1.165, 1.54) is 0 Å². The van der Waals surface area contributed by atoms with E-state index in [9.17, 15) is 4.39 Å². The first kappa shape index (κ1) is 12.4. The predicted molar refractivity (Wildman–Crippen MR) is 70.0 cm³/mol. The highest BCUT2D eigenvalue weighted by atomic mass is 19.1. The Bertz CT molecular complexity index is 370. The zero-order valence-electron chi connectivity index (χ0n) is 10.7. The van der Waals surface area contributed by atoms with Crippen LogP contribution in [0.3, 0.4) is 0 Å². The van der Waals surface area contributed by atoms with Crippen molar-refractivity contribution >= 4 is 5.69 Å². The Labute approximate surface area is 103 Å². The summed E-state index contributed by atoms with van der Waals surface area (Å²) in [6, 6.07) is 6.10. The number of aryl methyl sites for hydroxylation is 1. The summed E-state index contributed by atoms with van der Waals surface area (Å²) in [5.41, 5.74) is 1.74. The molecule has 0 aliphatic carbocycles. The minimum absolute atomic E-state index is 0.0908. The molecule has 0 saturated carbocycles. The van der Waals surface area contributed by atoms with Gasteiger partial charge in [0.25, 0.3) is 0 Å². The lowest BCUT2D eigenvalue weighted by atomic mass is 10.0. The predicted octanol–water partition coefficient (Wildman–Crippen LogP) is 2.71. The number of rotatable bonds is 3. The van der Waals surface area contributed by atoms with Gasteiger partial charge in [0.2, 0.25) is 0 Å². The van der Waals surface area contributed by atoms with Crippen LogP contribution in [-0.2, 0) is 0 Å². The molecule has 2 rings (SSSR count). The molecule has 0 radical (unpaired) electrons. The monoisotopic (exact) mass is 236 g/mol. The van der Waals surface area contributed by atoms with Crippen molar-refractivity contribution in [3.05, 3.63) is 29.6 Å². The molecule has 1 fully saturated rings. The topological polar surface area (TPSA) is 15.3 Å². The van der Waals surface area contributed by atoms with Crippen LogP contribution >= 0.6 is 0 Å². The fourth-order valence-electron chi connectivity index (χ4n) is 2.48. The van der Waals surface area contributed by atoms with E-state index < -0.39 is 0 Å². The maximum atomic E-state index is 13.8. The van der Waals surface area contributed by atoms with Crippen LogP contribution < -0.4 is 10.2 Å². The molecule has 0 unspecified atom stereocenters. The average molecular weight is 236 g/mol. The quantitative estimate of drug-likeness (QED) is 0.868. The smallest absolute Gasteiger partial charge is 0.146 e. The van der Waals surface area contributed by atoms with Crippen molar-refractivity contribution < 1.29 is 4.39 Å². The number of hydrogen-bond acceptors (Lipinski definition) is 2. The molecule has 1 saturated heterocycles. The molecule has 0 bridgehead atoms. The summed E-state index contributed by atoms with van der Waals surface area (Å²) >= 11 is 0. The molecule has 1 aromatic carbocycles. The zero-order chi connectivity index (χ0) is 12.3. The Hall–Kier alpha value is -1.09. The van der Waals surface area contributed by atoms with Gasteiger partial charge >= 0.3 is 0 Å². The molecule has 0 amide bonds. The van der Waals surface area contributed by atoms with E-state index in [1.807, 2.05) is 19.1 Å². The number of halogens is 1. The van der Waals surface area contributed by atoms with E-state index >= 15 is 0 Å². The Morgan fingerprint density at radius 3 is 2.65 bits per heavy atom. The van der Waals surface area contributed by atoms with Crippen molar-refractivity contribution in [3.63, 3.8) is 0 Å². The molecule has 2 nitrogen and oxygen atoms in total. The molecule has 1 heterocycles. The number of hydrogen-bond donors (Lipinski definition) is 1. The van der Waals surface area contributed by atoms with E-state index in [1.54, 1.807) is 6.07 Å². The van der Waals surface area contributed by atoms with Crippen molar-refractivity contribution in [2.75, 3.05) is 24.5 Å². The Morgan fingerprint density at radius 1 is 1.35 bits per heavy atom. The fourth-order valence-corrected chi connectivity index (χ4v) is 2.48. The van der Waals surface area contributed by atoms with Crippen LogP contribution in [0, 0.1) is 12.7 Å². The van der Waals surface area contributed by atoms with Crippen molar-refractivity contribution in [1.82, 2.24) is 5.32 Å². The molecule has 0 atom stereocenters.